The summed E-state index contributed by atoms with van der Waals surface area (Å²) in [4.78, 5) is 25.6. The maximum absolute atomic E-state index is 12.5. The fourth-order valence-electron chi connectivity index (χ4n) is 3.24. The van der Waals surface area contributed by atoms with Crippen LogP contribution < -0.4 is 9.47 Å². The number of carbonyl (C=O) groups excluding carboxylic acids is 1. The Labute approximate surface area is 135 Å². The number of carboxylic acid groups (broad SMARTS) is 1. The molecule has 1 amide bonds. The van der Waals surface area contributed by atoms with Crippen molar-refractivity contribution >= 4 is 11.9 Å². The summed E-state index contributed by atoms with van der Waals surface area (Å²) in [5.74, 6) is 0.431. The van der Waals surface area contributed by atoms with Crippen molar-refractivity contribution in [2.45, 2.75) is 31.7 Å². The average Bonchev–Trinajstić information content (AvgIpc) is 3.37. The van der Waals surface area contributed by atoms with Gasteiger partial charge in [0.1, 0.15) is 0 Å². The van der Waals surface area contributed by atoms with Crippen molar-refractivity contribution in [2.75, 3.05) is 20.8 Å². The molecule has 0 bridgehead atoms. The predicted octanol–water partition coefficient (Wildman–Crippen LogP) is 2.01. The standard InChI is InChI=1S/C17H21NO5/c1-22-14-7-11-5-6-18(17(21)10-3-4-10)13(9-16(19)20)12(11)8-15(14)23-2/h7-8,10,13H,3-6,9H2,1-2H3,(H,19,20). The van der Waals surface area contributed by atoms with Gasteiger partial charge in [-0.2, -0.15) is 0 Å². The predicted molar refractivity (Wildman–Crippen MR) is 82.7 cm³/mol. The van der Waals surface area contributed by atoms with Crippen molar-refractivity contribution in [1.29, 1.82) is 0 Å². The molecule has 0 saturated heterocycles. The lowest BCUT2D eigenvalue weighted by Gasteiger charge is -2.37. The molecule has 3 rings (SSSR count). The summed E-state index contributed by atoms with van der Waals surface area (Å²) in [6.07, 6.45) is 2.42. The van der Waals surface area contributed by atoms with Gasteiger partial charge in [-0.1, -0.05) is 0 Å². The summed E-state index contributed by atoms with van der Waals surface area (Å²) in [6.45, 7) is 0.551. The van der Waals surface area contributed by atoms with E-state index >= 15 is 0 Å². The molecule has 0 spiro atoms. The molecule has 1 saturated carbocycles. The number of benzene rings is 1. The third kappa shape index (κ3) is 2.98. The maximum Gasteiger partial charge on any atom is 0.305 e. The Morgan fingerprint density at radius 3 is 2.43 bits per heavy atom. The lowest BCUT2D eigenvalue weighted by Crippen LogP contribution is -2.41. The number of aliphatic carboxylic acids is 1. The number of ether oxygens (including phenoxy) is 2. The van der Waals surface area contributed by atoms with E-state index < -0.39 is 12.0 Å². The fraction of sp³-hybridized carbons (Fsp3) is 0.529. The topological polar surface area (TPSA) is 76.1 Å². The molecule has 0 radical (unpaired) electrons. The van der Waals surface area contributed by atoms with E-state index in [4.69, 9.17) is 9.47 Å². The van der Waals surface area contributed by atoms with Gasteiger partial charge in [-0.3, -0.25) is 9.59 Å². The van der Waals surface area contributed by atoms with Crippen molar-refractivity contribution in [1.82, 2.24) is 4.90 Å². The van der Waals surface area contributed by atoms with Crippen LogP contribution in [0.2, 0.25) is 0 Å². The minimum atomic E-state index is -0.911. The van der Waals surface area contributed by atoms with Gasteiger partial charge in [0.25, 0.3) is 0 Å². The number of carbonyl (C=O) groups is 2. The lowest BCUT2D eigenvalue weighted by molar-refractivity contribution is -0.142. The number of hydrogen-bond acceptors (Lipinski definition) is 4. The lowest BCUT2D eigenvalue weighted by atomic mass is 9.89. The quantitative estimate of drug-likeness (QED) is 0.898. The van der Waals surface area contributed by atoms with Gasteiger partial charge in [0.05, 0.1) is 26.7 Å². The van der Waals surface area contributed by atoms with Gasteiger partial charge in [-0.05, 0) is 42.5 Å². The van der Waals surface area contributed by atoms with E-state index in [1.54, 1.807) is 19.1 Å². The summed E-state index contributed by atoms with van der Waals surface area (Å²) in [5.41, 5.74) is 1.87. The molecular formula is C17H21NO5. The van der Waals surface area contributed by atoms with Crippen LogP contribution in [0.4, 0.5) is 0 Å². The van der Waals surface area contributed by atoms with Crippen molar-refractivity contribution in [3.8, 4) is 11.5 Å². The smallest absolute Gasteiger partial charge is 0.305 e. The van der Waals surface area contributed by atoms with E-state index in [1.807, 2.05) is 12.1 Å². The number of rotatable bonds is 5. The van der Waals surface area contributed by atoms with Crippen LogP contribution in [-0.2, 0) is 16.0 Å². The first-order valence-electron chi connectivity index (χ1n) is 7.82. The molecule has 1 fully saturated rings. The van der Waals surface area contributed by atoms with Crippen LogP contribution in [0.15, 0.2) is 12.1 Å². The van der Waals surface area contributed by atoms with E-state index in [2.05, 4.69) is 0 Å². The van der Waals surface area contributed by atoms with Crippen LogP contribution in [0.5, 0.6) is 11.5 Å². The first kappa shape index (κ1) is 15.6. The Hall–Kier alpha value is -2.24. The van der Waals surface area contributed by atoms with Gasteiger partial charge in [-0.25, -0.2) is 0 Å². The zero-order valence-corrected chi connectivity index (χ0v) is 13.4. The van der Waals surface area contributed by atoms with Crippen molar-refractivity contribution in [3.63, 3.8) is 0 Å². The monoisotopic (exact) mass is 319 g/mol. The number of hydrogen-bond donors (Lipinski definition) is 1. The van der Waals surface area contributed by atoms with Crippen LogP contribution in [0.25, 0.3) is 0 Å². The molecule has 1 heterocycles. The molecule has 1 aromatic carbocycles. The Morgan fingerprint density at radius 2 is 1.87 bits per heavy atom. The van der Waals surface area contributed by atoms with E-state index in [0.29, 0.717) is 24.5 Å². The molecule has 6 nitrogen and oxygen atoms in total. The highest BCUT2D eigenvalue weighted by Gasteiger charge is 2.40. The zero-order chi connectivity index (χ0) is 16.6. The molecule has 2 aliphatic rings. The van der Waals surface area contributed by atoms with Crippen LogP contribution in [0.3, 0.4) is 0 Å². The number of methoxy groups -OCH3 is 2. The number of amides is 1. The molecule has 1 atom stereocenters. The molecular weight excluding hydrogens is 298 g/mol. The summed E-state index contributed by atoms with van der Waals surface area (Å²) >= 11 is 0. The van der Waals surface area contributed by atoms with E-state index in [9.17, 15) is 14.7 Å². The van der Waals surface area contributed by atoms with Gasteiger partial charge in [0.15, 0.2) is 11.5 Å². The molecule has 23 heavy (non-hydrogen) atoms. The zero-order valence-electron chi connectivity index (χ0n) is 13.4. The van der Waals surface area contributed by atoms with E-state index in [1.165, 1.54) is 0 Å². The van der Waals surface area contributed by atoms with Crippen LogP contribution in [-0.4, -0.2) is 42.6 Å². The molecule has 0 aromatic heterocycles. The molecule has 1 aromatic rings. The normalized spacial score (nSPS) is 19.9. The Kier molecular flexibility index (Phi) is 4.15. The maximum atomic E-state index is 12.5. The molecule has 1 aliphatic heterocycles. The summed E-state index contributed by atoms with van der Waals surface area (Å²) in [6, 6.07) is 3.26. The molecule has 6 heteroatoms. The highest BCUT2D eigenvalue weighted by molar-refractivity contribution is 5.82. The number of nitrogens with zero attached hydrogens (tertiary/aromatic N) is 1. The van der Waals surface area contributed by atoms with Crippen LogP contribution in [0, 0.1) is 5.92 Å². The van der Waals surface area contributed by atoms with Gasteiger partial charge in [0, 0.05) is 12.5 Å². The van der Waals surface area contributed by atoms with Gasteiger partial charge in [-0.15, -0.1) is 0 Å². The van der Waals surface area contributed by atoms with Crippen molar-refractivity contribution in [3.05, 3.63) is 23.3 Å². The van der Waals surface area contributed by atoms with Crippen LogP contribution in [0.1, 0.15) is 36.4 Å². The second-order valence-electron chi connectivity index (χ2n) is 6.08. The van der Waals surface area contributed by atoms with E-state index in [0.717, 1.165) is 24.0 Å². The van der Waals surface area contributed by atoms with Crippen molar-refractivity contribution < 1.29 is 24.2 Å². The molecule has 1 N–H and O–H groups in total. The minimum Gasteiger partial charge on any atom is -0.493 e. The third-order valence-corrected chi connectivity index (χ3v) is 4.58. The Balaban J connectivity index is 2.00. The van der Waals surface area contributed by atoms with Gasteiger partial charge in [0.2, 0.25) is 5.91 Å². The highest BCUT2D eigenvalue weighted by atomic mass is 16.5. The largest absolute Gasteiger partial charge is 0.493 e. The van der Waals surface area contributed by atoms with Crippen LogP contribution >= 0.6 is 0 Å². The van der Waals surface area contributed by atoms with E-state index in [-0.39, 0.29) is 18.2 Å². The SMILES string of the molecule is COc1cc2c(cc1OC)C(CC(=O)O)N(C(=O)C1CC1)CC2. The number of fused-ring (bicyclic) bond motifs is 1. The molecule has 1 aliphatic carbocycles. The average molecular weight is 319 g/mol. The summed E-state index contributed by atoms with van der Waals surface area (Å²) < 4.78 is 10.7. The Bertz CT molecular complexity index is 638. The minimum absolute atomic E-state index is 0.0768. The second kappa shape index (κ2) is 6.10. The molecule has 124 valence electrons. The summed E-state index contributed by atoms with van der Waals surface area (Å²) in [5, 5.41) is 9.28. The van der Waals surface area contributed by atoms with Crippen molar-refractivity contribution in [2.24, 2.45) is 5.92 Å². The fourth-order valence-corrected chi connectivity index (χ4v) is 3.24. The third-order valence-electron chi connectivity index (χ3n) is 4.58. The first-order valence-corrected chi connectivity index (χ1v) is 7.82. The summed E-state index contributed by atoms with van der Waals surface area (Å²) in [7, 11) is 3.12. The Morgan fingerprint density at radius 1 is 1.22 bits per heavy atom. The molecule has 1 unspecified atom stereocenters. The van der Waals surface area contributed by atoms with Gasteiger partial charge < -0.3 is 19.5 Å². The number of carboxylic acids is 1. The first-order chi connectivity index (χ1) is 11.0. The second-order valence-corrected chi connectivity index (χ2v) is 6.08. The van der Waals surface area contributed by atoms with Gasteiger partial charge >= 0.3 is 5.97 Å². The highest BCUT2D eigenvalue weighted by Crippen LogP contribution is 2.42.